The molecule has 0 radical (unpaired) electrons. The Kier molecular flexibility index (Phi) is 4.56. The highest BCUT2D eigenvalue weighted by Crippen LogP contribution is 2.16. The number of ether oxygens (including phenoxy) is 1. The molecule has 0 fully saturated rings. The van der Waals surface area contributed by atoms with Crippen molar-refractivity contribution in [2.75, 3.05) is 6.61 Å². The summed E-state index contributed by atoms with van der Waals surface area (Å²) in [5.41, 5.74) is 6.22. The van der Waals surface area contributed by atoms with Gasteiger partial charge in [-0.05, 0) is 50.5 Å². The maximum absolute atomic E-state index is 12.9. The highest BCUT2D eigenvalue weighted by atomic mass is 19.1. The van der Waals surface area contributed by atoms with Crippen molar-refractivity contribution >= 4 is 0 Å². The van der Waals surface area contributed by atoms with Crippen LogP contribution in [0.1, 0.15) is 25.3 Å². The Morgan fingerprint density at radius 3 is 2.80 bits per heavy atom. The molecule has 0 spiro atoms. The van der Waals surface area contributed by atoms with Crippen molar-refractivity contribution in [3.63, 3.8) is 0 Å². The smallest absolute Gasteiger partial charge is 0.126 e. The van der Waals surface area contributed by atoms with Gasteiger partial charge in [-0.1, -0.05) is 0 Å². The number of rotatable bonds is 5. The highest BCUT2D eigenvalue weighted by Gasteiger charge is 2.00. The first-order valence-corrected chi connectivity index (χ1v) is 5.24. The average molecular weight is 211 g/mol. The molecule has 1 aromatic carbocycles. The molecular formula is C12H18FNO. The van der Waals surface area contributed by atoms with Crippen LogP contribution >= 0.6 is 0 Å². The van der Waals surface area contributed by atoms with E-state index in [9.17, 15) is 4.39 Å². The van der Waals surface area contributed by atoms with Crippen LogP contribution in [0, 0.1) is 12.7 Å². The van der Waals surface area contributed by atoms with E-state index in [-0.39, 0.29) is 11.9 Å². The lowest BCUT2D eigenvalue weighted by atomic mass is 10.2. The van der Waals surface area contributed by atoms with Gasteiger partial charge in [0, 0.05) is 6.04 Å². The van der Waals surface area contributed by atoms with Crippen molar-refractivity contribution in [1.29, 1.82) is 0 Å². The lowest BCUT2D eigenvalue weighted by Gasteiger charge is -2.08. The molecule has 0 aliphatic rings. The summed E-state index contributed by atoms with van der Waals surface area (Å²) in [7, 11) is 0. The molecule has 0 amide bonds. The summed E-state index contributed by atoms with van der Waals surface area (Å²) < 4.78 is 18.4. The van der Waals surface area contributed by atoms with Crippen LogP contribution in [0.4, 0.5) is 4.39 Å². The molecule has 0 bridgehead atoms. The van der Waals surface area contributed by atoms with E-state index in [2.05, 4.69) is 0 Å². The van der Waals surface area contributed by atoms with E-state index in [0.717, 1.165) is 18.6 Å². The van der Waals surface area contributed by atoms with Crippen LogP contribution in [0.5, 0.6) is 5.75 Å². The largest absolute Gasteiger partial charge is 0.494 e. The maximum atomic E-state index is 12.9. The molecule has 1 rings (SSSR count). The minimum atomic E-state index is -0.196. The number of benzene rings is 1. The summed E-state index contributed by atoms with van der Waals surface area (Å²) in [6.45, 7) is 4.33. The number of nitrogens with two attached hydrogens (primary N) is 1. The fraction of sp³-hybridized carbons (Fsp3) is 0.500. The molecule has 2 N–H and O–H groups in total. The third-order valence-electron chi connectivity index (χ3n) is 2.20. The Hall–Kier alpha value is -1.09. The van der Waals surface area contributed by atoms with E-state index in [0.29, 0.717) is 12.2 Å². The maximum Gasteiger partial charge on any atom is 0.126 e. The molecule has 1 unspecified atom stereocenters. The molecule has 1 aromatic rings. The third kappa shape index (κ3) is 4.30. The van der Waals surface area contributed by atoms with Gasteiger partial charge in [0.25, 0.3) is 0 Å². The molecule has 0 aliphatic heterocycles. The van der Waals surface area contributed by atoms with E-state index < -0.39 is 0 Å². The molecule has 1 atom stereocenters. The molecule has 0 aliphatic carbocycles. The van der Waals surface area contributed by atoms with Gasteiger partial charge in [-0.25, -0.2) is 4.39 Å². The molecule has 2 nitrogen and oxygen atoms in total. The monoisotopic (exact) mass is 211 g/mol. The number of hydrogen-bond donors (Lipinski definition) is 1. The minimum absolute atomic E-state index is 0.196. The van der Waals surface area contributed by atoms with Crippen molar-refractivity contribution in [2.24, 2.45) is 5.73 Å². The zero-order valence-electron chi connectivity index (χ0n) is 9.29. The zero-order chi connectivity index (χ0) is 11.3. The third-order valence-corrected chi connectivity index (χ3v) is 2.20. The predicted octanol–water partition coefficient (Wildman–Crippen LogP) is 2.64. The van der Waals surface area contributed by atoms with Crippen LogP contribution in [0.3, 0.4) is 0 Å². The first-order chi connectivity index (χ1) is 7.09. The number of hydrogen-bond acceptors (Lipinski definition) is 2. The SMILES string of the molecule is Cc1cc(OCCCC(C)N)ccc1F. The second-order valence-corrected chi connectivity index (χ2v) is 3.88. The Morgan fingerprint density at radius 2 is 2.20 bits per heavy atom. The van der Waals surface area contributed by atoms with Crippen molar-refractivity contribution in [3.8, 4) is 5.75 Å². The lowest BCUT2D eigenvalue weighted by molar-refractivity contribution is 0.302. The summed E-state index contributed by atoms with van der Waals surface area (Å²) in [4.78, 5) is 0. The van der Waals surface area contributed by atoms with Gasteiger partial charge in [0.05, 0.1) is 6.61 Å². The molecule has 15 heavy (non-hydrogen) atoms. The Labute approximate surface area is 90.2 Å². The molecule has 0 saturated carbocycles. The Balaban J connectivity index is 2.35. The van der Waals surface area contributed by atoms with E-state index in [1.54, 1.807) is 19.1 Å². The van der Waals surface area contributed by atoms with Crippen molar-refractivity contribution in [3.05, 3.63) is 29.6 Å². The number of halogens is 1. The van der Waals surface area contributed by atoms with Crippen LogP contribution in [-0.2, 0) is 0 Å². The molecule has 0 heterocycles. The van der Waals surface area contributed by atoms with E-state index in [1.807, 2.05) is 6.92 Å². The standard InChI is InChI=1S/C12H18FNO/c1-9-8-11(5-6-12(9)13)15-7-3-4-10(2)14/h5-6,8,10H,3-4,7,14H2,1-2H3. The number of aryl methyl sites for hydroxylation is 1. The van der Waals surface area contributed by atoms with Crippen LogP contribution in [0.25, 0.3) is 0 Å². The lowest BCUT2D eigenvalue weighted by Crippen LogP contribution is -2.15. The Bertz CT molecular complexity index is 312. The minimum Gasteiger partial charge on any atom is -0.494 e. The van der Waals surface area contributed by atoms with Gasteiger partial charge in [-0.2, -0.15) is 0 Å². The van der Waals surface area contributed by atoms with Crippen molar-refractivity contribution < 1.29 is 9.13 Å². The summed E-state index contributed by atoms with van der Waals surface area (Å²) in [6, 6.07) is 4.99. The quantitative estimate of drug-likeness (QED) is 0.760. The Morgan fingerprint density at radius 1 is 1.47 bits per heavy atom. The van der Waals surface area contributed by atoms with Gasteiger partial charge < -0.3 is 10.5 Å². The zero-order valence-corrected chi connectivity index (χ0v) is 9.29. The summed E-state index contributed by atoms with van der Waals surface area (Å²) in [5, 5.41) is 0. The van der Waals surface area contributed by atoms with Crippen molar-refractivity contribution in [1.82, 2.24) is 0 Å². The molecule has 0 aromatic heterocycles. The first-order valence-electron chi connectivity index (χ1n) is 5.24. The second kappa shape index (κ2) is 5.71. The first kappa shape index (κ1) is 12.0. The van der Waals surface area contributed by atoms with E-state index >= 15 is 0 Å². The highest BCUT2D eigenvalue weighted by molar-refractivity contribution is 5.28. The summed E-state index contributed by atoms with van der Waals surface area (Å²) >= 11 is 0. The summed E-state index contributed by atoms with van der Waals surface area (Å²) in [6.07, 6.45) is 1.87. The van der Waals surface area contributed by atoms with Gasteiger partial charge in [0.1, 0.15) is 11.6 Å². The van der Waals surface area contributed by atoms with E-state index in [4.69, 9.17) is 10.5 Å². The van der Waals surface area contributed by atoms with Gasteiger partial charge in [-0.3, -0.25) is 0 Å². The van der Waals surface area contributed by atoms with Crippen LogP contribution in [0.15, 0.2) is 18.2 Å². The molecular weight excluding hydrogens is 193 g/mol. The second-order valence-electron chi connectivity index (χ2n) is 3.88. The molecule has 0 saturated heterocycles. The average Bonchev–Trinajstić information content (AvgIpc) is 2.18. The van der Waals surface area contributed by atoms with Crippen LogP contribution < -0.4 is 10.5 Å². The van der Waals surface area contributed by atoms with Crippen LogP contribution in [0.2, 0.25) is 0 Å². The molecule has 84 valence electrons. The van der Waals surface area contributed by atoms with Crippen molar-refractivity contribution in [2.45, 2.75) is 32.7 Å². The van der Waals surface area contributed by atoms with Gasteiger partial charge in [-0.15, -0.1) is 0 Å². The van der Waals surface area contributed by atoms with Crippen LogP contribution in [-0.4, -0.2) is 12.6 Å². The van der Waals surface area contributed by atoms with Gasteiger partial charge in [0.2, 0.25) is 0 Å². The predicted molar refractivity (Wildman–Crippen MR) is 59.5 cm³/mol. The summed E-state index contributed by atoms with van der Waals surface area (Å²) in [5.74, 6) is 0.525. The fourth-order valence-corrected chi connectivity index (χ4v) is 1.30. The topological polar surface area (TPSA) is 35.2 Å². The normalized spacial score (nSPS) is 12.5. The van der Waals surface area contributed by atoms with Gasteiger partial charge in [0.15, 0.2) is 0 Å². The fourth-order valence-electron chi connectivity index (χ4n) is 1.30. The van der Waals surface area contributed by atoms with Gasteiger partial charge >= 0.3 is 0 Å². The molecule has 3 heteroatoms. The van der Waals surface area contributed by atoms with E-state index in [1.165, 1.54) is 6.07 Å².